The Morgan fingerprint density at radius 2 is 2.29 bits per heavy atom. The van der Waals surface area contributed by atoms with E-state index in [1.54, 1.807) is 6.92 Å². The molecule has 1 unspecified atom stereocenters. The van der Waals surface area contributed by atoms with Gasteiger partial charge in [0.15, 0.2) is 11.9 Å². The minimum atomic E-state index is -0.993. The normalized spacial score (nSPS) is 16.5. The summed E-state index contributed by atoms with van der Waals surface area (Å²) in [4.78, 5) is 26.4. The number of amides is 1. The fourth-order valence-corrected chi connectivity index (χ4v) is 1.44. The van der Waals surface area contributed by atoms with Gasteiger partial charge in [-0.25, -0.2) is 4.79 Å². The Balaban J connectivity index is 2.07. The fourth-order valence-electron chi connectivity index (χ4n) is 1.44. The number of Topliss-reactive ketones (excluding diaryl/α,β-unsaturated/α-hetero) is 1. The molecular weight excluding hydrogens is 226 g/mol. The smallest absolute Gasteiger partial charge is 0.405 e. The van der Waals surface area contributed by atoms with E-state index in [1.807, 2.05) is 0 Å². The molecule has 1 aromatic rings. The topological polar surface area (TPSA) is 108 Å². The highest BCUT2D eigenvalue weighted by atomic mass is 16.6. The van der Waals surface area contributed by atoms with Crippen LogP contribution in [-0.2, 0) is 4.74 Å². The highest BCUT2D eigenvalue weighted by Crippen LogP contribution is 2.38. The second kappa shape index (κ2) is 4.52. The van der Waals surface area contributed by atoms with Crippen molar-refractivity contribution < 1.29 is 18.8 Å². The van der Waals surface area contributed by atoms with Gasteiger partial charge in [-0.15, -0.1) is 0 Å². The van der Waals surface area contributed by atoms with E-state index in [0.29, 0.717) is 18.2 Å². The van der Waals surface area contributed by atoms with Crippen LogP contribution in [0.4, 0.5) is 4.79 Å². The molecule has 2 rings (SSSR count). The fraction of sp³-hybridized carbons (Fsp3) is 0.600. The molecule has 1 aliphatic carbocycles. The van der Waals surface area contributed by atoms with Crippen molar-refractivity contribution in [3.63, 3.8) is 0 Å². The molecule has 0 aliphatic heterocycles. The Labute approximate surface area is 97.3 Å². The van der Waals surface area contributed by atoms with E-state index in [-0.39, 0.29) is 5.89 Å². The lowest BCUT2D eigenvalue weighted by atomic mass is 10.2. The van der Waals surface area contributed by atoms with Gasteiger partial charge in [0.05, 0.1) is 0 Å². The minimum absolute atomic E-state index is 0.125. The molecule has 7 heteroatoms. The third-order valence-electron chi connectivity index (χ3n) is 2.52. The monoisotopic (exact) mass is 239 g/mol. The number of hydrogen-bond acceptors (Lipinski definition) is 6. The Morgan fingerprint density at radius 3 is 2.82 bits per heavy atom. The summed E-state index contributed by atoms with van der Waals surface area (Å²) in [6, 6.07) is 0. The van der Waals surface area contributed by atoms with Crippen molar-refractivity contribution in [3.8, 4) is 0 Å². The summed E-state index contributed by atoms with van der Waals surface area (Å²) in [5, 5.41) is 3.72. The maximum absolute atomic E-state index is 11.8. The largest absolute Gasteiger partial charge is 0.438 e. The van der Waals surface area contributed by atoms with Gasteiger partial charge in [0.25, 0.3) is 11.7 Å². The maximum Gasteiger partial charge on any atom is 0.405 e. The lowest BCUT2D eigenvalue weighted by Crippen LogP contribution is -2.29. The molecule has 1 fully saturated rings. The van der Waals surface area contributed by atoms with Crippen LogP contribution in [0.3, 0.4) is 0 Å². The average Bonchev–Trinajstić information content (AvgIpc) is 3.03. The predicted octanol–water partition coefficient (Wildman–Crippen LogP) is 1.00. The maximum atomic E-state index is 11.8. The van der Waals surface area contributed by atoms with Gasteiger partial charge in [-0.2, -0.15) is 4.98 Å². The third-order valence-corrected chi connectivity index (χ3v) is 2.52. The number of hydrogen-bond donors (Lipinski definition) is 1. The number of nitrogens with zero attached hydrogens (tertiary/aromatic N) is 2. The summed E-state index contributed by atoms with van der Waals surface area (Å²) in [5.41, 5.74) is 4.87. The first-order valence-electron chi connectivity index (χ1n) is 5.45. The van der Waals surface area contributed by atoms with Crippen LogP contribution in [0.5, 0.6) is 0 Å². The van der Waals surface area contributed by atoms with Crippen LogP contribution in [-0.4, -0.2) is 28.1 Å². The van der Waals surface area contributed by atoms with Crippen LogP contribution in [0.2, 0.25) is 0 Å². The molecule has 1 aromatic heterocycles. The lowest BCUT2D eigenvalue weighted by molar-refractivity contribution is 0.0606. The van der Waals surface area contributed by atoms with E-state index in [1.165, 1.54) is 0 Å². The number of ketones is 1. The van der Waals surface area contributed by atoms with E-state index in [9.17, 15) is 9.59 Å². The van der Waals surface area contributed by atoms with Crippen molar-refractivity contribution in [1.82, 2.24) is 10.1 Å². The highest BCUT2D eigenvalue weighted by molar-refractivity contribution is 5.96. The molecule has 0 aromatic carbocycles. The van der Waals surface area contributed by atoms with Crippen molar-refractivity contribution in [2.75, 3.05) is 0 Å². The second-order valence-electron chi connectivity index (χ2n) is 3.93. The number of nitrogens with two attached hydrogens (primary N) is 1. The molecule has 2 N–H and O–H groups in total. The minimum Gasteiger partial charge on any atom is -0.438 e. The molecule has 1 atom stereocenters. The lowest BCUT2D eigenvalue weighted by Gasteiger charge is -2.10. The summed E-state index contributed by atoms with van der Waals surface area (Å²) < 4.78 is 9.51. The zero-order chi connectivity index (χ0) is 12.4. The number of primary amides is 1. The van der Waals surface area contributed by atoms with Crippen LogP contribution >= 0.6 is 0 Å². The number of ether oxygens (including phenoxy) is 1. The molecule has 0 bridgehead atoms. The second-order valence-corrected chi connectivity index (χ2v) is 3.93. The number of aromatic nitrogens is 2. The van der Waals surface area contributed by atoms with E-state index in [0.717, 1.165) is 12.8 Å². The van der Waals surface area contributed by atoms with Crippen LogP contribution < -0.4 is 5.73 Å². The van der Waals surface area contributed by atoms with Crippen molar-refractivity contribution in [1.29, 1.82) is 0 Å². The first kappa shape index (κ1) is 11.6. The summed E-state index contributed by atoms with van der Waals surface area (Å²) in [6.45, 7) is 1.70. The van der Waals surface area contributed by atoms with Gasteiger partial charge in [0.1, 0.15) is 0 Å². The molecule has 0 radical (unpaired) electrons. The molecule has 0 spiro atoms. The van der Waals surface area contributed by atoms with Crippen molar-refractivity contribution in [3.05, 3.63) is 11.7 Å². The van der Waals surface area contributed by atoms with E-state index < -0.39 is 18.0 Å². The van der Waals surface area contributed by atoms with Crippen molar-refractivity contribution in [2.45, 2.75) is 38.2 Å². The molecule has 17 heavy (non-hydrogen) atoms. The molecular formula is C10H13N3O4. The molecule has 1 heterocycles. The van der Waals surface area contributed by atoms with Gasteiger partial charge in [-0.05, 0) is 19.3 Å². The standard InChI is InChI=1S/C10H13N3O4/c1-2-6(16-10(11)15)7(14)9-12-8(13-17-9)5-3-4-5/h5-6H,2-4H2,1H3,(H2,11,15). The van der Waals surface area contributed by atoms with Crippen LogP contribution in [0.1, 0.15) is 48.6 Å². The van der Waals surface area contributed by atoms with Gasteiger partial charge in [-0.1, -0.05) is 12.1 Å². The van der Waals surface area contributed by atoms with Gasteiger partial charge in [0.2, 0.25) is 0 Å². The van der Waals surface area contributed by atoms with Gasteiger partial charge in [0, 0.05) is 5.92 Å². The summed E-state index contributed by atoms with van der Waals surface area (Å²) >= 11 is 0. The molecule has 7 nitrogen and oxygen atoms in total. The molecule has 92 valence electrons. The Morgan fingerprint density at radius 1 is 1.59 bits per heavy atom. The Kier molecular flexibility index (Phi) is 3.08. The van der Waals surface area contributed by atoms with Crippen LogP contribution in [0, 0.1) is 0 Å². The van der Waals surface area contributed by atoms with Crippen LogP contribution in [0.15, 0.2) is 4.52 Å². The third kappa shape index (κ3) is 2.61. The first-order valence-corrected chi connectivity index (χ1v) is 5.45. The average molecular weight is 239 g/mol. The van der Waals surface area contributed by atoms with Gasteiger partial charge >= 0.3 is 6.09 Å². The van der Waals surface area contributed by atoms with Gasteiger partial charge < -0.3 is 15.0 Å². The molecule has 1 saturated carbocycles. The predicted molar refractivity (Wildman–Crippen MR) is 55.4 cm³/mol. The number of carbonyl (C=O) groups excluding carboxylic acids is 2. The molecule has 1 amide bonds. The quantitative estimate of drug-likeness (QED) is 0.768. The van der Waals surface area contributed by atoms with Crippen molar-refractivity contribution >= 4 is 11.9 Å². The first-order chi connectivity index (χ1) is 8.11. The van der Waals surface area contributed by atoms with Crippen molar-refractivity contribution in [2.24, 2.45) is 5.73 Å². The Bertz CT molecular complexity index is 439. The van der Waals surface area contributed by atoms with Crippen LogP contribution in [0.25, 0.3) is 0 Å². The summed E-state index contributed by atoms with van der Waals surface area (Å²) in [7, 11) is 0. The Hall–Kier alpha value is -1.92. The zero-order valence-electron chi connectivity index (χ0n) is 9.38. The molecule has 0 saturated heterocycles. The highest BCUT2D eigenvalue weighted by Gasteiger charge is 2.32. The summed E-state index contributed by atoms with van der Waals surface area (Å²) in [5.74, 6) is 0.213. The molecule has 1 aliphatic rings. The van der Waals surface area contributed by atoms with E-state index >= 15 is 0 Å². The SMILES string of the molecule is CCC(OC(N)=O)C(=O)c1nc(C2CC2)no1. The van der Waals surface area contributed by atoms with E-state index in [2.05, 4.69) is 14.9 Å². The number of rotatable bonds is 5. The van der Waals surface area contributed by atoms with E-state index in [4.69, 9.17) is 10.3 Å². The number of carbonyl (C=O) groups is 2. The zero-order valence-corrected chi connectivity index (χ0v) is 9.38. The summed E-state index contributed by atoms with van der Waals surface area (Å²) in [6.07, 6.45) is 0.389. The van der Waals surface area contributed by atoms with Gasteiger partial charge in [-0.3, -0.25) is 4.79 Å².